The van der Waals surface area contributed by atoms with Crippen LogP contribution in [0.15, 0.2) is 48.5 Å². The van der Waals surface area contributed by atoms with Crippen LogP contribution in [-0.4, -0.2) is 20.7 Å². The van der Waals surface area contributed by atoms with Crippen molar-refractivity contribution in [3.05, 3.63) is 65.2 Å². The van der Waals surface area contributed by atoms with E-state index in [4.69, 9.17) is 4.74 Å². The Balaban J connectivity index is 0.00000208. The number of hydrogen-bond donors (Lipinski definition) is 1. The summed E-state index contributed by atoms with van der Waals surface area (Å²) in [5.74, 6) is 2.18. The Labute approximate surface area is 152 Å². The first kappa shape index (κ1) is 18.8. The first-order valence-electron chi connectivity index (χ1n) is 8.68. The first-order valence-corrected chi connectivity index (χ1v) is 8.68. The van der Waals surface area contributed by atoms with Gasteiger partial charge in [-0.3, -0.25) is 0 Å². The molecule has 0 spiro atoms. The second kappa shape index (κ2) is 9.10. The fourth-order valence-corrected chi connectivity index (χ4v) is 3.90. The summed E-state index contributed by atoms with van der Waals surface area (Å²) in [6.07, 6.45) is 4.99. The van der Waals surface area contributed by atoms with E-state index in [1.807, 2.05) is 7.05 Å². The zero-order valence-corrected chi connectivity index (χ0v) is 15.4. The molecule has 0 radical (unpaired) electrons. The number of methoxy groups -OCH3 is 1. The lowest BCUT2D eigenvalue weighted by Gasteiger charge is -2.29. The van der Waals surface area contributed by atoms with Crippen LogP contribution in [0.25, 0.3) is 0 Å². The Hall–Kier alpha value is -1.51. The van der Waals surface area contributed by atoms with E-state index in [0.29, 0.717) is 11.8 Å². The fourth-order valence-electron chi connectivity index (χ4n) is 3.90. The lowest BCUT2D eigenvalue weighted by molar-refractivity contribution is 0.409. The summed E-state index contributed by atoms with van der Waals surface area (Å²) in [7, 11) is 3.81. The van der Waals surface area contributed by atoms with Crippen molar-refractivity contribution in [1.82, 2.24) is 5.32 Å². The van der Waals surface area contributed by atoms with E-state index in [2.05, 4.69) is 53.8 Å². The average molecular weight is 346 g/mol. The predicted molar refractivity (Wildman–Crippen MR) is 104 cm³/mol. The maximum absolute atomic E-state index is 5.45. The second-order valence-corrected chi connectivity index (χ2v) is 6.55. The minimum Gasteiger partial charge on any atom is -0.497 e. The zero-order chi connectivity index (χ0) is 16.1. The highest BCUT2D eigenvalue weighted by Gasteiger charge is 2.24. The number of likely N-dealkylation sites (N-methyl/N-ethyl adjacent to an activating group) is 1. The van der Waals surface area contributed by atoms with Crippen molar-refractivity contribution in [2.75, 3.05) is 20.7 Å². The van der Waals surface area contributed by atoms with E-state index in [-0.39, 0.29) is 12.4 Å². The van der Waals surface area contributed by atoms with Gasteiger partial charge in [-0.05, 0) is 73.4 Å². The molecular weight excluding hydrogens is 318 g/mol. The molecule has 2 aromatic rings. The number of benzene rings is 2. The first-order chi connectivity index (χ1) is 11.3. The molecule has 1 N–H and O–H groups in total. The van der Waals surface area contributed by atoms with Gasteiger partial charge < -0.3 is 10.1 Å². The third-order valence-corrected chi connectivity index (χ3v) is 5.08. The third-order valence-electron chi connectivity index (χ3n) is 5.08. The number of fused-ring (bicyclic) bond motifs is 1. The molecule has 0 heterocycles. The second-order valence-electron chi connectivity index (χ2n) is 6.55. The Bertz CT molecular complexity index is 629. The van der Waals surface area contributed by atoms with Crippen molar-refractivity contribution in [3.63, 3.8) is 0 Å². The Morgan fingerprint density at radius 1 is 1.17 bits per heavy atom. The van der Waals surface area contributed by atoms with E-state index in [1.54, 1.807) is 7.11 Å². The molecule has 0 saturated carbocycles. The van der Waals surface area contributed by atoms with Crippen molar-refractivity contribution < 1.29 is 4.74 Å². The Morgan fingerprint density at radius 3 is 2.67 bits per heavy atom. The standard InChI is InChI=1S/C21H27NO.ClH/c1-22-15-19(16-7-4-3-5-8-16)13-18-10-6-9-17-11-12-20(23-2)14-21(17)18;/h3-5,7-8,11-12,14,18-19,22H,6,9-10,13,15H2,1-2H3;1H. The molecule has 0 bridgehead atoms. The third kappa shape index (κ3) is 4.31. The van der Waals surface area contributed by atoms with Crippen LogP contribution in [0.5, 0.6) is 5.75 Å². The molecule has 0 saturated heterocycles. The minimum atomic E-state index is 0. The molecule has 0 aromatic heterocycles. The summed E-state index contributed by atoms with van der Waals surface area (Å²) < 4.78 is 5.45. The van der Waals surface area contributed by atoms with Gasteiger partial charge in [-0.25, -0.2) is 0 Å². The molecule has 2 atom stereocenters. The van der Waals surface area contributed by atoms with Crippen LogP contribution in [0.1, 0.15) is 47.8 Å². The molecule has 130 valence electrons. The summed E-state index contributed by atoms with van der Waals surface area (Å²) in [4.78, 5) is 0. The molecule has 2 unspecified atom stereocenters. The highest BCUT2D eigenvalue weighted by atomic mass is 35.5. The summed E-state index contributed by atoms with van der Waals surface area (Å²) in [5.41, 5.74) is 4.46. The van der Waals surface area contributed by atoms with Crippen molar-refractivity contribution in [1.29, 1.82) is 0 Å². The maximum Gasteiger partial charge on any atom is 0.119 e. The number of halogens is 1. The maximum atomic E-state index is 5.45. The number of nitrogens with one attached hydrogen (secondary N) is 1. The number of aryl methyl sites for hydroxylation is 1. The van der Waals surface area contributed by atoms with Gasteiger partial charge in [-0.2, -0.15) is 0 Å². The van der Waals surface area contributed by atoms with Gasteiger partial charge in [0.2, 0.25) is 0 Å². The highest BCUT2D eigenvalue weighted by molar-refractivity contribution is 5.85. The molecule has 1 aliphatic rings. The van der Waals surface area contributed by atoms with Gasteiger partial charge in [0, 0.05) is 6.54 Å². The normalized spacial score (nSPS) is 17.5. The van der Waals surface area contributed by atoms with Crippen LogP contribution in [-0.2, 0) is 6.42 Å². The minimum absolute atomic E-state index is 0. The molecule has 24 heavy (non-hydrogen) atoms. The summed E-state index contributed by atoms with van der Waals surface area (Å²) in [6, 6.07) is 17.5. The van der Waals surface area contributed by atoms with Crippen LogP contribution in [0.4, 0.5) is 0 Å². The fraction of sp³-hybridized carbons (Fsp3) is 0.429. The molecule has 1 aliphatic carbocycles. The van der Waals surface area contributed by atoms with Crippen molar-refractivity contribution in [2.45, 2.75) is 37.5 Å². The molecule has 0 amide bonds. The van der Waals surface area contributed by atoms with Crippen molar-refractivity contribution >= 4 is 12.4 Å². The van der Waals surface area contributed by atoms with E-state index >= 15 is 0 Å². The van der Waals surface area contributed by atoms with E-state index in [1.165, 1.54) is 42.4 Å². The van der Waals surface area contributed by atoms with Crippen LogP contribution in [0, 0.1) is 0 Å². The highest BCUT2D eigenvalue weighted by Crippen LogP contribution is 2.39. The molecule has 2 aromatic carbocycles. The van der Waals surface area contributed by atoms with E-state index < -0.39 is 0 Å². The number of hydrogen-bond acceptors (Lipinski definition) is 2. The summed E-state index contributed by atoms with van der Waals surface area (Å²) >= 11 is 0. The summed E-state index contributed by atoms with van der Waals surface area (Å²) in [6.45, 7) is 1.03. The zero-order valence-electron chi connectivity index (χ0n) is 14.6. The van der Waals surface area contributed by atoms with E-state index in [0.717, 1.165) is 12.3 Å². The van der Waals surface area contributed by atoms with Gasteiger partial charge in [0.05, 0.1) is 7.11 Å². The lowest BCUT2D eigenvalue weighted by Crippen LogP contribution is -2.21. The predicted octanol–water partition coefficient (Wildman–Crippen LogP) is 4.93. The molecule has 3 rings (SSSR count). The Kier molecular flexibility index (Phi) is 7.14. The van der Waals surface area contributed by atoms with Gasteiger partial charge >= 0.3 is 0 Å². The van der Waals surface area contributed by atoms with Crippen LogP contribution in [0.3, 0.4) is 0 Å². The average Bonchev–Trinajstić information content (AvgIpc) is 2.62. The van der Waals surface area contributed by atoms with E-state index in [9.17, 15) is 0 Å². The lowest BCUT2D eigenvalue weighted by atomic mass is 9.76. The molecule has 3 heteroatoms. The molecular formula is C21H28ClNO. The van der Waals surface area contributed by atoms with Gasteiger partial charge in [-0.15, -0.1) is 12.4 Å². The van der Waals surface area contributed by atoms with Crippen LogP contribution >= 0.6 is 12.4 Å². The smallest absolute Gasteiger partial charge is 0.119 e. The number of ether oxygens (including phenoxy) is 1. The van der Waals surface area contributed by atoms with Gasteiger partial charge in [0.1, 0.15) is 5.75 Å². The monoisotopic (exact) mass is 345 g/mol. The van der Waals surface area contributed by atoms with Gasteiger partial charge in [0.15, 0.2) is 0 Å². The largest absolute Gasteiger partial charge is 0.497 e. The molecule has 2 nitrogen and oxygen atoms in total. The SMILES string of the molecule is CNCC(CC1CCCc2ccc(OC)cc21)c1ccccc1.Cl. The van der Waals surface area contributed by atoms with Crippen LogP contribution < -0.4 is 10.1 Å². The topological polar surface area (TPSA) is 21.3 Å². The van der Waals surface area contributed by atoms with Crippen molar-refractivity contribution in [3.8, 4) is 5.75 Å². The van der Waals surface area contributed by atoms with Gasteiger partial charge in [-0.1, -0.05) is 36.4 Å². The van der Waals surface area contributed by atoms with Gasteiger partial charge in [0.25, 0.3) is 0 Å². The van der Waals surface area contributed by atoms with Crippen molar-refractivity contribution in [2.24, 2.45) is 0 Å². The molecule has 0 aliphatic heterocycles. The van der Waals surface area contributed by atoms with Crippen LogP contribution in [0.2, 0.25) is 0 Å². The molecule has 0 fully saturated rings. The Morgan fingerprint density at radius 2 is 1.96 bits per heavy atom. The summed E-state index contributed by atoms with van der Waals surface area (Å²) in [5, 5.41) is 3.38. The quantitative estimate of drug-likeness (QED) is 0.801. The number of rotatable bonds is 6.